The van der Waals surface area contributed by atoms with Crippen LogP contribution >= 0.6 is 11.5 Å². The molecule has 2 N–H and O–H groups in total. The Morgan fingerprint density at radius 1 is 1.35 bits per heavy atom. The first kappa shape index (κ1) is 14.9. The van der Waals surface area contributed by atoms with Gasteiger partial charge in [0.25, 0.3) is 10.0 Å². The lowest BCUT2D eigenvalue weighted by Gasteiger charge is -2.12. The average molecular weight is 312 g/mol. The van der Waals surface area contributed by atoms with Gasteiger partial charge in [0.1, 0.15) is 5.82 Å². The number of sulfonamides is 1. The first-order valence-electron chi connectivity index (χ1n) is 6.03. The maximum atomic E-state index is 12.3. The Morgan fingerprint density at radius 3 is 2.70 bits per heavy atom. The van der Waals surface area contributed by atoms with E-state index in [0.29, 0.717) is 5.82 Å². The number of benzene rings is 1. The third kappa shape index (κ3) is 3.33. The first-order chi connectivity index (χ1) is 9.42. The minimum atomic E-state index is -3.63. The maximum Gasteiger partial charge on any atom is 0.263 e. The van der Waals surface area contributed by atoms with E-state index in [-0.39, 0.29) is 16.1 Å². The summed E-state index contributed by atoms with van der Waals surface area (Å²) in [6.07, 6.45) is 0. The lowest BCUT2D eigenvalue weighted by atomic mass is 10.1. The third-order valence-corrected chi connectivity index (χ3v) is 5.04. The Balaban J connectivity index is 2.29. The quantitative estimate of drug-likeness (QED) is 0.881. The van der Waals surface area contributed by atoms with Crippen LogP contribution in [-0.4, -0.2) is 24.8 Å². The van der Waals surface area contributed by atoms with E-state index in [1.807, 2.05) is 20.0 Å². The van der Waals surface area contributed by atoms with Gasteiger partial charge in [-0.15, -0.1) is 0 Å². The number of nitrogens with one attached hydrogen (secondary N) is 2. The van der Waals surface area contributed by atoms with Crippen LogP contribution < -0.4 is 10.0 Å². The zero-order valence-corrected chi connectivity index (χ0v) is 13.0. The van der Waals surface area contributed by atoms with Crippen LogP contribution in [0, 0.1) is 6.92 Å². The molecule has 0 aliphatic rings. The van der Waals surface area contributed by atoms with Crippen molar-refractivity contribution in [2.24, 2.45) is 0 Å². The molecule has 1 aromatic carbocycles. The van der Waals surface area contributed by atoms with E-state index in [9.17, 15) is 8.42 Å². The number of hydrogen-bond acceptors (Lipinski definition) is 6. The van der Waals surface area contributed by atoms with Crippen LogP contribution in [0.15, 0.2) is 29.2 Å². The van der Waals surface area contributed by atoms with Crippen LogP contribution in [0.25, 0.3) is 0 Å². The number of anilines is 1. The minimum absolute atomic E-state index is 0.0777. The van der Waals surface area contributed by atoms with Crippen LogP contribution in [-0.2, 0) is 10.0 Å². The highest BCUT2D eigenvalue weighted by molar-refractivity contribution is 7.93. The summed E-state index contributed by atoms with van der Waals surface area (Å²) in [4.78, 5) is 4.21. The van der Waals surface area contributed by atoms with Gasteiger partial charge in [-0.2, -0.15) is 4.37 Å². The molecule has 0 saturated carbocycles. The fourth-order valence-electron chi connectivity index (χ4n) is 1.63. The molecule has 1 unspecified atom stereocenters. The van der Waals surface area contributed by atoms with E-state index in [1.165, 1.54) is 0 Å². The number of aryl methyl sites for hydroxylation is 1. The van der Waals surface area contributed by atoms with Gasteiger partial charge in [-0.05, 0) is 38.6 Å². The molecule has 0 amide bonds. The van der Waals surface area contributed by atoms with Crippen molar-refractivity contribution >= 4 is 26.7 Å². The van der Waals surface area contributed by atoms with Crippen molar-refractivity contribution in [3.8, 4) is 0 Å². The molecule has 20 heavy (non-hydrogen) atoms. The highest BCUT2D eigenvalue weighted by Gasteiger charge is 2.17. The second kappa shape index (κ2) is 5.86. The SMILES string of the molecule is CNC(C)c1cccc(S(=O)(=O)Nc2nc(C)ns2)c1. The third-order valence-electron chi connectivity index (χ3n) is 2.85. The highest BCUT2D eigenvalue weighted by Crippen LogP contribution is 2.20. The molecule has 1 aromatic heterocycles. The summed E-state index contributed by atoms with van der Waals surface area (Å²) in [6, 6.07) is 6.90. The summed E-state index contributed by atoms with van der Waals surface area (Å²) >= 11 is 1.02. The van der Waals surface area contributed by atoms with Gasteiger partial charge in [0.2, 0.25) is 5.13 Å². The fraction of sp³-hybridized carbons (Fsp3) is 0.333. The molecule has 2 rings (SSSR count). The molecule has 0 aliphatic heterocycles. The predicted molar refractivity (Wildman–Crippen MR) is 79.4 cm³/mol. The molecule has 0 radical (unpaired) electrons. The smallest absolute Gasteiger partial charge is 0.263 e. The summed E-state index contributed by atoms with van der Waals surface area (Å²) in [6.45, 7) is 3.68. The van der Waals surface area contributed by atoms with Gasteiger partial charge in [0.15, 0.2) is 0 Å². The van der Waals surface area contributed by atoms with Crippen LogP contribution in [0.3, 0.4) is 0 Å². The predicted octanol–water partition coefficient (Wildman–Crippen LogP) is 1.93. The molecule has 0 saturated heterocycles. The molecule has 0 bridgehead atoms. The van der Waals surface area contributed by atoms with Crippen LogP contribution in [0.2, 0.25) is 0 Å². The van der Waals surface area contributed by atoms with Crippen molar-refractivity contribution in [3.63, 3.8) is 0 Å². The molecule has 6 nitrogen and oxygen atoms in total. The Labute approximate surface area is 122 Å². The molecule has 0 fully saturated rings. The van der Waals surface area contributed by atoms with Crippen LogP contribution in [0.4, 0.5) is 5.13 Å². The van der Waals surface area contributed by atoms with E-state index in [0.717, 1.165) is 17.1 Å². The lowest BCUT2D eigenvalue weighted by Crippen LogP contribution is -2.15. The van der Waals surface area contributed by atoms with E-state index >= 15 is 0 Å². The van der Waals surface area contributed by atoms with Crippen molar-refractivity contribution in [1.29, 1.82) is 0 Å². The van der Waals surface area contributed by atoms with Gasteiger partial charge in [0, 0.05) is 17.6 Å². The largest absolute Gasteiger partial charge is 0.313 e. The number of hydrogen-bond donors (Lipinski definition) is 2. The Hall–Kier alpha value is -1.51. The van der Waals surface area contributed by atoms with E-state index in [4.69, 9.17) is 0 Å². The molecular weight excluding hydrogens is 296 g/mol. The lowest BCUT2D eigenvalue weighted by molar-refractivity contribution is 0.600. The number of aromatic nitrogens is 2. The molecule has 8 heteroatoms. The molecule has 1 atom stereocenters. The Bertz CT molecular complexity index is 697. The Kier molecular flexibility index (Phi) is 4.36. The summed E-state index contributed by atoms with van der Waals surface area (Å²) in [5, 5.41) is 3.35. The van der Waals surface area contributed by atoms with Crippen molar-refractivity contribution in [1.82, 2.24) is 14.7 Å². The second-order valence-electron chi connectivity index (χ2n) is 4.34. The Morgan fingerprint density at radius 2 is 2.10 bits per heavy atom. The van der Waals surface area contributed by atoms with Crippen molar-refractivity contribution in [2.45, 2.75) is 24.8 Å². The van der Waals surface area contributed by atoms with Gasteiger partial charge < -0.3 is 5.32 Å². The summed E-state index contributed by atoms with van der Waals surface area (Å²) in [5.74, 6) is 0.547. The molecule has 0 spiro atoms. The molecule has 2 aromatic rings. The topological polar surface area (TPSA) is 84.0 Å². The van der Waals surface area contributed by atoms with Gasteiger partial charge in [-0.25, -0.2) is 13.4 Å². The zero-order chi connectivity index (χ0) is 14.8. The second-order valence-corrected chi connectivity index (χ2v) is 6.77. The van der Waals surface area contributed by atoms with Crippen molar-refractivity contribution in [3.05, 3.63) is 35.7 Å². The maximum absolute atomic E-state index is 12.3. The van der Waals surface area contributed by atoms with Gasteiger partial charge in [0.05, 0.1) is 4.90 Å². The van der Waals surface area contributed by atoms with Crippen LogP contribution in [0.5, 0.6) is 0 Å². The minimum Gasteiger partial charge on any atom is -0.313 e. The number of nitrogens with zero attached hydrogens (tertiary/aromatic N) is 2. The van der Waals surface area contributed by atoms with Gasteiger partial charge >= 0.3 is 0 Å². The molecule has 1 heterocycles. The van der Waals surface area contributed by atoms with Crippen molar-refractivity contribution < 1.29 is 8.42 Å². The highest BCUT2D eigenvalue weighted by atomic mass is 32.2. The van der Waals surface area contributed by atoms with E-state index < -0.39 is 10.0 Å². The van der Waals surface area contributed by atoms with Crippen LogP contribution in [0.1, 0.15) is 24.4 Å². The van der Waals surface area contributed by atoms with Gasteiger partial charge in [-0.1, -0.05) is 12.1 Å². The summed E-state index contributed by atoms with van der Waals surface area (Å²) in [5.41, 5.74) is 0.906. The zero-order valence-electron chi connectivity index (χ0n) is 11.4. The summed E-state index contributed by atoms with van der Waals surface area (Å²) in [7, 11) is -1.81. The number of rotatable bonds is 5. The fourth-order valence-corrected chi connectivity index (χ4v) is 3.48. The average Bonchev–Trinajstić information content (AvgIpc) is 2.82. The molecule has 0 aliphatic carbocycles. The van der Waals surface area contributed by atoms with Gasteiger partial charge in [-0.3, -0.25) is 4.72 Å². The van der Waals surface area contributed by atoms with E-state index in [2.05, 4.69) is 19.4 Å². The van der Waals surface area contributed by atoms with Crippen molar-refractivity contribution in [2.75, 3.05) is 11.8 Å². The molecular formula is C12H16N4O2S2. The van der Waals surface area contributed by atoms with E-state index in [1.54, 1.807) is 25.1 Å². The first-order valence-corrected chi connectivity index (χ1v) is 8.28. The molecule has 108 valence electrons. The standard InChI is InChI=1S/C12H16N4O2S2/c1-8(13-3)10-5-4-6-11(7-10)20(17,18)16-12-14-9(2)15-19-12/h4-8,13H,1-3H3,(H,14,15,16). The monoisotopic (exact) mass is 312 g/mol. The normalized spacial score (nSPS) is 13.2. The summed E-state index contributed by atoms with van der Waals surface area (Å²) < 4.78 is 30.9.